The molecule has 0 aliphatic carbocycles. The number of hydrogen-bond donors (Lipinski definition) is 1. The Labute approximate surface area is 110 Å². The molecule has 94 valence electrons. The molecule has 2 aromatic rings. The van der Waals surface area contributed by atoms with Crippen LogP contribution in [-0.2, 0) is 4.74 Å². The van der Waals surface area contributed by atoms with Gasteiger partial charge in [0.15, 0.2) is 0 Å². The Morgan fingerprint density at radius 1 is 1.17 bits per heavy atom. The summed E-state index contributed by atoms with van der Waals surface area (Å²) in [5.74, 6) is 0.314. The van der Waals surface area contributed by atoms with Crippen molar-refractivity contribution in [3.05, 3.63) is 35.7 Å². The predicted octanol–water partition coefficient (Wildman–Crippen LogP) is 2.96. The largest absolute Gasteiger partial charge is 0.508 e. The number of phenolic OH excluding ortho intramolecular Hbond substituents is 1. The van der Waals surface area contributed by atoms with Gasteiger partial charge in [0, 0.05) is 29.0 Å². The quantitative estimate of drug-likeness (QED) is 0.902. The van der Waals surface area contributed by atoms with Crippen LogP contribution in [0, 0.1) is 0 Å². The third-order valence-corrected chi connectivity index (χ3v) is 4.06. The van der Waals surface area contributed by atoms with E-state index in [4.69, 9.17) is 4.74 Å². The van der Waals surface area contributed by atoms with E-state index in [1.807, 2.05) is 12.1 Å². The molecule has 0 atom stereocenters. The molecule has 1 aromatic carbocycles. The second-order valence-corrected chi connectivity index (χ2v) is 5.23. The minimum absolute atomic E-state index is 0.314. The average molecular weight is 261 g/mol. The molecule has 1 N–H and O–H groups in total. The van der Waals surface area contributed by atoms with Crippen LogP contribution in [0.2, 0.25) is 0 Å². The summed E-state index contributed by atoms with van der Waals surface area (Å²) in [4.78, 5) is 3.53. The van der Waals surface area contributed by atoms with Crippen LogP contribution in [0.15, 0.2) is 35.7 Å². The maximum atomic E-state index is 9.51. The van der Waals surface area contributed by atoms with Gasteiger partial charge in [-0.15, -0.1) is 11.3 Å². The first-order valence-corrected chi connectivity index (χ1v) is 6.91. The first-order valence-electron chi connectivity index (χ1n) is 6.03. The number of thiophene rings is 1. The number of nitrogens with zero attached hydrogens (tertiary/aromatic N) is 1. The zero-order chi connectivity index (χ0) is 12.4. The van der Waals surface area contributed by atoms with Gasteiger partial charge in [0.2, 0.25) is 0 Å². The van der Waals surface area contributed by atoms with Gasteiger partial charge in [0.25, 0.3) is 0 Å². The second-order valence-electron chi connectivity index (χ2n) is 4.32. The molecule has 4 heteroatoms. The third kappa shape index (κ3) is 2.35. The Balaban J connectivity index is 1.84. The molecule has 0 unspecified atom stereocenters. The van der Waals surface area contributed by atoms with Crippen molar-refractivity contribution in [2.24, 2.45) is 0 Å². The third-order valence-electron chi connectivity index (χ3n) is 3.09. The van der Waals surface area contributed by atoms with Crippen molar-refractivity contribution in [3.8, 4) is 16.2 Å². The van der Waals surface area contributed by atoms with Crippen LogP contribution >= 0.6 is 11.3 Å². The summed E-state index contributed by atoms with van der Waals surface area (Å²) < 4.78 is 5.36. The molecule has 0 radical (unpaired) electrons. The van der Waals surface area contributed by atoms with Crippen LogP contribution in [-0.4, -0.2) is 31.4 Å². The van der Waals surface area contributed by atoms with Gasteiger partial charge in [0.1, 0.15) is 5.75 Å². The van der Waals surface area contributed by atoms with Gasteiger partial charge < -0.3 is 14.7 Å². The minimum Gasteiger partial charge on any atom is -0.508 e. The SMILES string of the molecule is Oc1cccc(-c2cc(N3CCOCC3)cs2)c1. The predicted molar refractivity (Wildman–Crippen MR) is 74.5 cm³/mol. The topological polar surface area (TPSA) is 32.7 Å². The number of benzene rings is 1. The Morgan fingerprint density at radius 2 is 2.00 bits per heavy atom. The zero-order valence-electron chi connectivity index (χ0n) is 10.0. The Morgan fingerprint density at radius 3 is 2.78 bits per heavy atom. The molecule has 1 aliphatic heterocycles. The fourth-order valence-corrected chi connectivity index (χ4v) is 3.04. The van der Waals surface area contributed by atoms with E-state index in [0.29, 0.717) is 5.75 Å². The van der Waals surface area contributed by atoms with E-state index >= 15 is 0 Å². The maximum Gasteiger partial charge on any atom is 0.116 e. The molecule has 1 fully saturated rings. The molecule has 2 heterocycles. The molecule has 1 saturated heterocycles. The molecular weight excluding hydrogens is 246 g/mol. The summed E-state index contributed by atoms with van der Waals surface area (Å²) in [5, 5.41) is 11.7. The van der Waals surface area contributed by atoms with Gasteiger partial charge in [-0.3, -0.25) is 0 Å². The number of rotatable bonds is 2. The fourth-order valence-electron chi connectivity index (χ4n) is 2.12. The van der Waals surface area contributed by atoms with Crippen molar-refractivity contribution < 1.29 is 9.84 Å². The number of hydrogen-bond acceptors (Lipinski definition) is 4. The highest BCUT2D eigenvalue weighted by Crippen LogP contribution is 2.33. The Bertz CT molecular complexity index is 532. The number of ether oxygens (including phenoxy) is 1. The zero-order valence-corrected chi connectivity index (χ0v) is 10.8. The van der Waals surface area contributed by atoms with Crippen molar-refractivity contribution in [1.82, 2.24) is 0 Å². The molecular formula is C14H15NO2S. The molecule has 0 saturated carbocycles. The lowest BCUT2D eigenvalue weighted by atomic mass is 10.2. The van der Waals surface area contributed by atoms with Crippen LogP contribution in [0.4, 0.5) is 5.69 Å². The lowest BCUT2D eigenvalue weighted by Gasteiger charge is -2.27. The van der Waals surface area contributed by atoms with Crippen LogP contribution in [0.3, 0.4) is 0 Å². The highest BCUT2D eigenvalue weighted by Gasteiger charge is 2.13. The summed E-state index contributed by atoms with van der Waals surface area (Å²) in [5.41, 5.74) is 2.32. The van der Waals surface area contributed by atoms with Crippen LogP contribution < -0.4 is 4.90 Å². The maximum absolute atomic E-state index is 9.51. The Kier molecular flexibility index (Phi) is 3.21. The van der Waals surface area contributed by atoms with E-state index in [1.54, 1.807) is 23.5 Å². The van der Waals surface area contributed by atoms with Crippen molar-refractivity contribution in [1.29, 1.82) is 0 Å². The number of anilines is 1. The van der Waals surface area contributed by atoms with Crippen molar-refractivity contribution in [2.75, 3.05) is 31.2 Å². The van der Waals surface area contributed by atoms with E-state index < -0.39 is 0 Å². The second kappa shape index (κ2) is 5.00. The van der Waals surface area contributed by atoms with Gasteiger partial charge in [-0.05, 0) is 23.8 Å². The lowest BCUT2D eigenvalue weighted by Crippen LogP contribution is -2.35. The van der Waals surface area contributed by atoms with E-state index in [2.05, 4.69) is 16.3 Å². The number of aromatic hydroxyl groups is 1. The normalized spacial score (nSPS) is 15.9. The number of phenols is 1. The van der Waals surface area contributed by atoms with E-state index in [-0.39, 0.29) is 0 Å². The average Bonchev–Trinajstić information content (AvgIpc) is 2.89. The molecule has 0 bridgehead atoms. The van der Waals surface area contributed by atoms with Crippen LogP contribution in [0.1, 0.15) is 0 Å². The molecule has 3 nitrogen and oxygen atoms in total. The minimum atomic E-state index is 0.314. The summed E-state index contributed by atoms with van der Waals surface area (Å²) in [6.07, 6.45) is 0. The summed E-state index contributed by atoms with van der Waals surface area (Å²) >= 11 is 1.71. The van der Waals surface area contributed by atoms with Gasteiger partial charge in [0.05, 0.1) is 13.2 Å². The van der Waals surface area contributed by atoms with Crippen LogP contribution in [0.25, 0.3) is 10.4 Å². The van der Waals surface area contributed by atoms with E-state index in [1.165, 1.54) is 10.6 Å². The van der Waals surface area contributed by atoms with Crippen LogP contribution in [0.5, 0.6) is 5.75 Å². The molecule has 18 heavy (non-hydrogen) atoms. The number of morpholine rings is 1. The fraction of sp³-hybridized carbons (Fsp3) is 0.286. The highest BCUT2D eigenvalue weighted by atomic mass is 32.1. The first-order chi connectivity index (χ1) is 8.83. The van der Waals surface area contributed by atoms with E-state index in [0.717, 1.165) is 31.9 Å². The molecule has 3 rings (SSSR count). The van der Waals surface area contributed by atoms with Crippen molar-refractivity contribution in [2.45, 2.75) is 0 Å². The molecule has 0 amide bonds. The smallest absolute Gasteiger partial charge is 0.116 e. The Hall–Kier alpha value is -1.52. The summed E-state index contributed by atoms with van der Waals surface area (Å²) in [6, 6.07) is 9.58. The van der Waals surface area contributed by atoms with Gasteiger partial charge in [-0.2, -0.15) is 0 Å². The standard InChI is InChI=1S/C14H15NO2S/c16-13-3-1-2-11(8-13)14-9-12(10-18-14)15-4-6-17-7-5-15/h1-3,8-10,16H,4-7H2. The monoisotopic (exact) mass is 261 g/mol. The van der Waals surface area contributed by atoms with Gasteiger partial charge >= 0.3 is 0 Å². The highest BCUT2D eigenvalue weighted by molar-refractivity contribution is 7.14. The van der Waals surface area contributed by atoms with Gasteiger partial charge in [-0.25, -0.2) is 0 Å². The summed E-state index contributed by atoms with van der Waals surface area (Å²) in [7, 11) is 0. The lowest BCUT2D eigenvalue weighted by molar-refractivity contribution is 0.123. The van der Waals surface area contributed by atoms with E-state index in [9.17, 15) is 5.11 Å². The van der Waals surface area contributed by atoms with Crippen molar-refractivity contribution >= 4 is 17.0 Å². The van der Waals surface area contributed by atoms with Crippen molar-refractivity contribution in [3.63, 3.8) is 0 Å². The van der Waals surface area contributed by atoms with Gasteiger partial charge in [-0.1, -0.05) is 12.1 Å². The molecule has 1 aliphatic rings. The first kappa shape index (κ1) is 11.6. The summed E-state index contributed by atoms with van der Waals surface area (Å²) in [6.45, 7) is 3.51. The molecule has 1 aromatic heterocycles. The molecule has 0 spiro atoms.